The first-order chi connectivity index (χ1) is 10.1. The fraction of sp³-hybridized carbons (Fsp3) is 0.412. The van der Waals surface area contributed by atoms with Gasteiger partial charge in [-0.15, -0.1) is 0 Å². The molecule has 4 nitrogen and oxygen atoms in total. The minimum atomic E-state index is -0.166. The van der Waals surface area contributed by atoms with E-state index in [1.54, 1.807) is 18.1 Å². The van der Waals surface area contributed by atoms with Gasteiger partial charge in [-0.3, -0.25) is 4.79 Å². The molecular formula is C17H20N2O2. The predicted octanol–water partition coefficient (Wildman–Crippen LogP) is 2.86. The summed E-state index contributed by atoms with van der Waals surface area (Å²) in [5.41, 5.74) is 1.01. The summed E-state index contributed by atoms with van der Waals surface area (Å²) in [5.74, 6) is 1.24. The van der Waals surface area contributed by atoms with Crippen molar-refractivity contribution in [2.24, 2.45) is 5.92 Å². The highest BCUT2D eigenvalue weighted by Crippen LogP contribution is 2.19. The van der Waals surface area contributed by atoms with E-state index in [1.807, 2.05) is 30.3 Å². The van der Waals surface area contributed by atoms with Crippen LogP contribution in [-0.4, -0.2) is 31.0 Å². The second-order valence-electron chi connectivity index (χ2n) is 5.42. The molecule has 1 fully saturated rings. The van der Waals surface area contributed by atoms with E-state index in [2.05, 4.69) is 6.92 Å². The van der Waals surface area contributed by atoms with E-state index in [0.29, 0.717) is 5.92 Å². The van der Waals surface area contributed by atoms with Gasteiger partial charge in [0.15, 0.2) is 0 Å². The number of nitrogens with zero attached hydrogens (tertiary/aromatic N) is 2. The van der Waals surface area contributed by atoms with Crippen molar-refractivity contribution >= 4 is 12.0 Å². The number of carbonyl (C=O) groups is 1. The average Bonchev–Trinajstić information content (AvgIpc) is 2.53. The molecule has 1 aromatic carbocycles. The van der Waals surface area contributed by atoms with E-state index < -0.39 is 0 Å². The van der Waals surface area contributed by atoms with Crippen molar-refractivity contribution in [1.29, 1.82) is 5.26 Å². The lowest BCUT2D eigenvalue weighted by atomic mass is 9.98. The number of benzene rings is 1. The third-order valence-electron chi connectivity index (χ3n) is 3.85. The lowest BCUT2D eigenvalue weighted by Crippen LogP contribution is -2.38. The molecule has 1 aliphatic rings. The van der Waals surface area contributed by atoms with Gasteiger partial charge < -0.3 is 9.64 Å². The van der Waals surface area contributed by atoms with Crippen LogP contribution in [-0.2, 0) is 4.79 Å². The molecule has 2 rings (SSSR count). The van der Waals surface area contributed by atoms with Gasteiger partial charge in [0.1, 0.15) is 17.4 Å². The normalized spacial score (nSPS) is 16.4. The summed E-state index contributed by atoms with van der Waals surface area (Å²) < 4.78 is 5.09. The van der Waals surface area contributed by atoms with Crippen LogP contribution in [0.2, 0.25) is 0 Å². The zero-order chi connectivity index (χ0) is 15.2. The van der Waals surface area contributed by atoms with Crippen molar-refractivity contribution in [2.75, 3.05) is 20.2 Å². The number of methoxy groups -OCH3 is 1. The van der Waals surface area contributed by atoms with Crippen molar-refractivity contribution in [2.45, 2.75) is 19.8 Å². The number of piperidine rings is 1. The Labute approximate surface area is 125 Å². The number of nitriles is 1. The average molecular weight is 284 g/mol. The van der Waals surface area contributed by atoms with Crippen molar-refractivity contribution in [3.63, 3.8) is 0 Å². The van der Waals surface area contributed by atoms with Crippen molar-refractivity contribution in [3.8, 4) is 11.8 Å². The van der Waals surface area contributed by atoms with E-state index in [1.165, 1.54) is 0 Å². The van der Waals surface area contributed by atoms with E-state index in [4.69, 9.17) is 4.74 Å². The second kappa shape index (κ2) is 6.94. The smallest absolute Gasteiger partial charge is 0.264 e. The molecule has 1 heterocycles. The number of hydrogen-bond acceptors (Lipinski definition) is 3. The Hall–Kier alpha value is -2.28. The summed E-state index contributed by atoms with van der Waals surface area (Å²) in [6.07, 6.45) is 3.65. The SMILES string of the molecule is COc1ccc(C=C(C#N)C(=O)N2CCC(C)CC2)cc1. The number of carbonyl (C=O) groups excluding carboxylic acids is 1. The van der Waals surface area contributed by atoms with Crippen LogP contribution in [0.5, 0.6) is 5.75 Å². The summed E-state index contributed by atoms with van der Waals surface area (Å²) >= 11 is 0. The fourth-order valence-electron chi connectivity index (χ4n) is 2.39. The maximum atomic E-state index is 12.4. The van der Waals surface area contributed by atoms with Gasteiger partial charge in [0.05, 0.1) is 7.11 Å². The molecule has 0 spiro atoms. The highest BCUT2D eigenvalue weighted by Gasteiger charge is 2.22. The fourth-order valence-corrected chi connectivity index (χ4v) is 2.39. The van der Waals surface area contributed by atoms with Gasteiger partial charge in [0.2, 0.25) is 0 Å². The van der Waals surface area contributed by atoms with Gasteiger partial charge in [-0.05, 0) is 42.5 Å². The van der Waals surface area contributed by atoms with E-state index >= 15 is 0 Å². The second-order valence-corrected chi connectivity index (χ2v) is 5.42. The number of likely N-dealkylation sites (tertiary alicyclic amines) is 1. The van der Waals surface area contributed by atoms with Crippen molar-refractivity contribution in [3.05, 3.63) is 35.4 Å². The molecule has 0 N–H and O–H groups in total. The molecule has 1 amide bonds. The monoisotopic (exact) mass is 284 g/mol. The van der Waals surface area contributed by atoms with Gasteiger partial charge in [0, 0.05) is 13.1 Å². The first-order valence-electron chi connectivity index (χ1n) is 7.19. The first kappa shape index (κ1) is 15.1. The van der Waals surface area contributed by atoms with Gasteiger partial charge in [-0.1, -0.05) is 19.1 Å². The van der Waals surface area contributed by atoms with Gasteiger partial charge >= 0.3 is 0 Å². The standard InChI is InChI=1S/C17H20N2O2/c1-13-7-9-19(10-8-13)17(20)15(12-18)11-14-3-5-16(21-2)6-4-14/h3-6,11,13H,7-10H2,1-2H3. The van der Waals surface area contributed by atoms with E-state index in [0.717, 1.165) is 37.2 Å². The Morgan fingerprint density at radius 2 is 1.95 bits per heavy atom. The Bertz CT molecular complexity index is 561. The zero-order valence-corrected chi connectivity index (χ0v) is 12.5. The molecule has 21 heavy (non-hydrogen) atoms. The van der Waals surface area contributed by atoms with Crippen LogP contribution in [0.25, 0.3) is 6.08 Å². The third kappa shape index (κ3) is 3.85. The maximum Gasteiger partial charge on any atom is 0.264 e. The molecule has 1 aliphatic heterocycles. The highest BCUT2D eigenvalue weighted by atomic mass is 16.5. The molecule has 1 aromatic rings. The van der Waals surface area contributed by atoms with Crippen LogP contribution in [0.3, 0.4) is 0 Å². The van der Waals surface area contributed by atoms with Crippen LogP contribution in [0.15, 0.2) is 29.8 Å². The molecule has 0 saturated carbocycles. The predicted molar refractivity (Wildman–Crippen MR) is 81.6 cm³/mol. The van der Waals surface area contributed by atoms with Crippen LogP contribution < -0.4 is 4.74 Å². The molecule has 0 bridgehead atoms. The Kier molecular flexibility index (Phi) is 4.99. The molecule has 0 aromatic heterocycles. The minimum Gasteiger partial charge on any atom is -0.497 e. The Morgan fingerprint density at radius 1 is 1.33 bits per heavy atom. The summed E-state index contributed by atoms with van der Waals surface area (Å²) in [7, 11) is 1.60. The zero-order valence-electron chi connectivity index (χ0n) is 12.5. The number of hydrogen-bond donors (Lipinski definition) is 0. The molecule has 1 saturated heterocycles. The lowest BCUT2D eigenvalue weighted by Gasteiger charge is -2.30. The summed E-state index contributed by atoms with van der Waals surface area (Å²) in [6.45, 7) is 3.67. The first-order valence-corrected chi connectivity index (χ1v) is 7.19. The van der Waals surface area contributed by atoms with Crippen LogP contribution >= 0.6 is 0 Å². The van der Waals surface area contributed by atoms with Gasteiger partial charge in [-0.25, -0.2) is 0 Å². The van der Waals surface area contributed by atoms with E-state index in [-0.39, 0.29) is 11.5 Å². The lowest BCUT2D eigenvalue weighted by molar-refractivity contribution is -0.127. The van der Waals surface area contributed by atoms with Crippen molar-refractivity contribution in [1.82, 2.24) is 4.90 Å². The summed E-state index contributed by atoms with van der Waals surface area (Å²) in [5, 5.41) is 9.25. The molecular weight excluding hydrogens is 264 g/mol. The summed E-state index contributed by atoms with van der Waals surface area (Å²) in [6, 6.07) is 9.32. The summed E-state index contributed by atoms with van der Waals surface area (Å²) in [4.78, 5) is 14.2. The maximum absolute atomic E-state index is 12.4. The van der Waals surface area contributed by atoms with Gasteiger partial charge in [0.25, 0.3) is 5.91 Å². The van der Waals surface area contributed by atoms with Crippen LogP contribution in [0.1, 0.15) is 25.3 Å². The molecule has 0 radical (unpaired) electrons. The Morgan fingerprint density at radius 3 is 2.48 bits per heavy atom. The minimum absolute atomic E-state index is 0.166. The third-order valence-corrected chi connectivity index (χ3v) is 3.85. The van der Waals surface area contributed by atoms with E-state index in [9.17, 15) is 10.1 Å². The highest BCUT2D eigenvalue weighted by molar-refractivity contribution is 6.01. The molecule has 0 unspecified atom stereocenters. The number of rotatable bonds is 3. The topological polar surface area (TPSA) is 53.3 Å². The van der Waals surface area contributed by atoms with Crippen molar-refractivity contribution < 1.29 is 9.53 Å². The quantitative estimate of drug-likeness (QED) is 0.633. The largest absolute Gasteiger partial charge is 0.497 e. The van der Waals surface area contributed by atoms with Crippen LogP contribution in [0, 0.1) is 17.2 Å². The number of ether oxygens (including phenoxy) is 1. The Balaban J connectivity index is 2.12. The molecule has 4 heteroatoms. The molecule has 0 atom stereocenters. The van der Waals surface area contributed by atoms with Crippen LogP contribution in [0.4, 0.5) is 0 Å². The molecule has 0 aliphatic carbocycles. The van der Waals surface area contributed by atoms with Gasteiger partial charge in [-0.2, -0.15) is 5.26 Å². The number of amides is 1. The molecule has 110 valence electrons.